The van der Waals surface area contributed by atoms with E-state index in [1.165, 1.54) is 12.8 Å². The lowest BCUT2D eigenvalue weighted by atomic mass is 9.95. The summed E-state index contributed by atoms with van der Waals surface area (Å²) < 4.78 is 0. The van der Waals surface area contributed by atoms with E-state index in [2.05, 4.69) is 10.2 Å². The van der Waals surface area contributed by atoms with Crippen LogP contribution in [0.15, 0.2) is 24.3 Å². The summed E-state index contributed by atoms with van der Waals surface area (Å²) in [6.45, 7) is 7.56. The molecule has 1 saturated carbocycles. The van der Waals surface area contributed by atoms with Crippen LogP contribution in [0.25, 0.3) is 0 Å². The van der Waals surface area contributed by atoms with E-state index in [-0.39, 0.29) is 17.9 Å². The standard InChI is InChI=1S/C21H31N3O2/c1-3-22-20(25)19(17-9-5-6-10-17)23-12-14-24(15-13-23)21(26)18-11-7-4-8-16(18)2/h4,7-8,11,17,19H,3,5-6,9-10,12-15H2,1-2H3,(H,22,25)/t19-/m0/s1. The number of amides is 2. The number of nitrogens with zero attached hydrogens (tertiary/aromatic N) is 2. The molecule has 1 N–H and O–H groups in total. The average Bonchev–Trinajstić information content (AvgIpc) is 3.17. The first-order valence-electron chi connectivity index (χ1n) is 9.98. The van der Waals surface area contributed by atoms with Gasteiger partial charge in [0.2, 0.25) is 5.91 Å². The zero-order chi connectivity index (χ0) is 18.5. The second-order valence-electron chi connectivity index (χ2n) is 7.53. The summed E-state index contributed by atoms with van der Waals surface area (Å²) in [6, 6.07) is 7.73. The number of carbonyl (C=O) groups excluding carboxylic acids is 2. The van der Waals surface area contributed by atoms with Gasteiger partial charge in [-0.25, -0.2) is 0 Å². The van der Waals surface area contributed by atoms with E-state index < -0.39 is 0 Å². The Balaban J connectivity index is 1.65. The zero-order valence-electron chi connectivity index (χ0n) is 16.0. The van der Waals surface area contributed by atoms with Crippen LogP contribution in [-0.4, -0.2) is 60.4 Å². The lowest BCUT2D eigenvalue weighted by Gasteiger charge is -2.40. The van der Waals surface area contributed by atoms with Crippen molar-refractivity contribution in [2.75, 3.05) is 32.7 Å². The predicted octanol–water partition coefficient (Wildman–Crippen LogP) is 2.45. The molecule has 0 bridgehead atoms. The van der Waals surface area contributed by atoms with Crippen LogP contribution >= 0.6 is 0 Å². The van der Waals surface area contributed by atoms with E-state index >= 15 is 0 Å². The number of hydrogen-bond acceptors (Lipinski definition) is 3. The summed E-state index contributed by atoms with van der Waals surface area (Å²) in [7, 11) is 0. The molecule has 0 spiro atoms. The molecule has 1 aromatic carbocycles. The zero-order valence-corrected chi connectivity index (χ0v) is 16.0. The molecule has 3 rings (SSSR count). The molecule has 1 aliphatic carbocycles. The van der Waals surface area contributed by atoms with Gasteiger partial charge in [0.1, 0.15) is 0 Å². The van der Waals surface area contributed by atoms with Crippen molar-refractivity contribution >= 4 is 11.8 Å². The molecule has 1 atom stereocenters. The molecule has 142 valence electrons. The second-order valence-corrected chi connectivity index (χ2v) is 7.53. The molecule has 0 unspecified atom stereocenters. The lowest BCUT2D eigenvalue weighted by Crippen LogP contribution is -2.58. The molecule has 5 heteroatoms. The van der Waals surface area contributed by atoms with E-state index in [0.29, 0.717) is 25.6 Å². The number of carbonyl (C=O) groups is 2. The highest BCUT2D eigenvalue weighted by Crippen LogP contribution is 2.31. The smallest absolute Gasteiger partial charge is 0.254 e. The average molecular weight is 357 g/mol. The van der Waals surface area contributed by atoms with Gasteiger partial charge in [-0.2, -0.15) is 0 Å². The first kappa shape index (κ1) is 18.9. The molecule has 2 amide bonds. The van der Waals surface area contributed by atoms with Crippen molar-refractivity contribution in [1.82, 2.24) is 15.1 Å². The number of piperazine rings is 1. The van der Waals surface area contributed by atoms with E-state index in [4.69, 9.17) is 0 Å². The molecule has 1 aromatic rings. The fourth-order valence-electron chi connectivity index (χ4n) is 4.42. The van der Waals surface area contributed by atoms with Crippen LogP contribution in [0.3, 0.4) is 0 Å². The van der Waals surface area contributed by atoms with Gasteiger partial charge in [0, 0.05) is 38.3 Å². The lowest BCUT2D eigenvalue weighted by molar-refractivity contribution is -0.129. The van der Waals surface area contributed by atoms with Crippen molar-refractivity contribution in [2.45, 2.75) is 45.6 Å². The minimum absolute atomic E-state index is 0.0341. The van der Waals surface area contributed by atoms with Gasteiger partial charge >= 0.3 is 0 Å². The molecule has 1 heterocycles. The highest BCUT2D eigenvalue weighted by molar-refractivity contribution is 5.95. The topological polar surface area (TPSA) is 52.7 Å². The summed E-state index contributed by atoms with van der Waals surface area (Å²) >= 11 is 0. The fraction of sp³-hybridized carbons (Fsp3) is 0.619. The van der Waals surface area contributed by atoms with Crippen LogP contribution in [0.4, 0.5) is 0 Å². The third-order valence-electron chi connectivity index (χ3n) is 5.84. The first-order chi connectivity index (χ1) is 12.6. The van der Waals surface area contributed by atoms with Crippen molar-refractivity contribution in [1.29, 1.82) is 0 Å². The number of likely N-dealkylation sites (N-methyl/N-ethyl adjacent to an activating group) is 1. The molecule has 2 fully saturated rings. The molecule has 1 saturated heterocycles. The highest BCUT2D eigenvalue weighted by Gasteiger charge is 2.37. The Bertz CT molecular complexity index is 632. The summed E-state index contributed by atoms with van der Waals surface area (Å²) in [6.07, 6.45) is 4.74. The Morgan fingerprint density at radius 3 is 2.38 bits per heavy atom. The number of aryl methyl sites for hydroxylation is 1. The number of benzene rings is 1. The SMILES string of the molecule is CCNC(=O)[C@H](C1CCCC1)N1CCN(C(=O)c2ccccc2C)CC1. The van der Waals surface area contributed by atoms with Crippen LogP contribution in [-0.2, 0) is 4.79 Å². The molecule has 1 aliphatic heterocycles. The number of hydrogen-bond donors (Lipinski definition) is 1. The predicted molar refractivity (Wildman–Crippen MR) is 103 cm³/mol. The number of nitrogens with one attached hydrogen (secondary N) is 1. The minimum Gasteiger partial charge on any atom is -0.355 e. The maximum atomic E-state index is 12.8. The third-order valence-corrected chi connectivity index (χ3v) is 5.84. The number of rotatable bonds is 5. The molecule has 5 nitrogen and oxygen atoms in total. The molecule has 0 radical (unpaired) electrons. The van der Waals surface area contributed by atoms with Gasteiger partial charge in [-0.1, -0.05) is 31.0 Å². The maximum Gasteiger partial charge on any atom is 0.254 e. The van der Waals surface area contributed by atoms with E-state index in [1.54, 1.807) is 0 Å². The van der Waals surface area contributed by atoms with Gasteiger partial charge in [0.15, 0.2) is 0 Å². The summed E-state index contributed by atoms with van der Waals surface area (Å²) in [5.41, 5.74) is 1.81. The van der Waals surface area contributed by atoms with Crippen LogP contribution in [0.5, 0.6) is 0 Å². The Hall–Kier alpha value is -1.88. The first-order valence-corrected chi connectivity index (χ1v) is 9.98. The van der Waals surface area contributed by atoms with Crippen molar-refractivity contribution in [3.05, 3.63) is 35.4 Å². The van der Waals surface area contributed by atoms with Crippen molar-refractivity contribution in [2.24, 2.45) is 5.92 Å². The molecular formula is C21H31N3O2. The molecular weight excluding hydrogens is 326 g/mol. The fourth-order valence-corrected chi connectivity index (χ4v) is 4.42. The Kier molecular flexibility index (Phi) is 6.30. The quantitative estimate of drug-likeness (QED) is 0.881. The van der Waals surface area contributed by atoms with E-state index in [9.17, 15) is 9.59 Å². The van der Waals surface area contributed by atoms with Gasteiger partial charge in [-0.3, -0.25) is 14.5 Å². The van der Waals surface area contributed by atoms with Crippen molar-refractivity contribution in [3.63, 3.8) is 0 Å². The normalized spacial score (nSPS) is 20.2. The van der Waals surface area contributed by atoms with Gasteiger partial charge in [-0.05, 0) is 44.2 Å². The second kappa shape index (κ2) is 8.67. The van der Waals surface area contributed by atoms with Crippen LogP contribution in [0, 0.1) is 12.8 Å². The Morgan fingerprint density at radius 2 is 1.77 bits per heavy atom. The Labute approximate surface area is 156 Å². The monoisotopic (exact) mass is 357 g/mol. The van der Waals surface area contributed by atoms with Crippen LogP contribution < -0.4 is 5.32 Å². The van der Waals surface area contributed by atoms with Crippen molar-refractivity contribution in [3.8, 4) is 0 Å². The third kappa shape index (κ3) is 4.09. The molecule has 2 aliphatic rings. The highest BCUT2D eigenvalue weighted by atomic mass is 16.2. The van der Waals surface area contributed by atoms with Crippen LogP contribution in [0.1, 0.15) is 48.5 Å². The van der Waals surface area contributed by atoms with Gasteiger partial charge in [0.25, 0.3) is 5.91 Å². The maximum absolute atomic E-state index is 12.8. The van der Waals surface area contributed by atoms with Gasteiger partial charge in [0.05, 0.1) is 6.04 Å². The summed E-state index contributed by atoms with van der Waals surface area (Å²) in [5, 5.41) is 3.03. The molecule has 0 aromatic heterocycles. The largest absolute Gasteiger partial charge is 0.355 e. The van der Waals surface area contributed by atoms with E-state index in [0.717, 1.165) is 37.1 Å². The summed E-state index contributed by atoms with van der Waals surface area (Å²) in [4.78, 5) is 29.7. The minimum atomic E-state index is -0.0341. The molecule has 26 heavy (non-hydrogen) atoms. The van der Waals surface area contributed by atoms with Crippen LogP contribution in [0.2, 0.25) is 0 Å². The summed E-state index contributed by atoms with van der Waals surface area (Å²) in [5.74, 6) is 0.733. The van der Waals surface area contributed by atoms with Gasteiger partial charge < -0.3 is 10.2 Å². The van der Waals surface area contributed by atoms with Gasteiger partial charge in [-0.15, -0.1) is 0 Å². The van der Waals surface area contributed by atoms with Crippen molar-refractivity contribution < 1.29 is 9.59 Å². The van der Waals surface area contributed by atoms with E-state index in [1.807, 2.05) is 43.0 Å². The Morgan fingerprint density at radius 1 is 1.12 bits per heavy atom.